The molecule has 0 spiro atoms. The molecular weight excluding hydrogens is 496 g/mol. The molecule has 7 heteroatoms. The zero-order chi connectivity index (χ0) is 27.2. The third-order valence-electron chi connectivity index (χ3n) is 6.24. The van der Waals surface area contributed by atoms with Crippen molar-refractivity contribution in [3.05, 3.63) is 112 Å². The Morgan fingerprint density at radius 3 is 1.77 bits per heavy atom. The van der Waals surface area contributed by atoms with Crippen molar-refractivity contribution in [1.82, 2.24) is 0 Å². The second kappa shape index (κ2) is 11.6. The van der Waals surface area contributed by atoms with Crippen LogP contribution in [-0.4, -0.2) is 21.3 Å². The summed E-state index contributed by atoms with van der Waals surface area (Å²) in [5, 5.41) is 0.313. The van der Waals surface area contributed by atoms with E-state index in [9.17, 15) is 4.79 Å². The zero-order valence-corrected chi connectivity index (χ0v) is 21.9. The van der Waals surface area contributed by atoms with Gasteiger partial charge in [-0.15, -0.1) is 0 Å². The first kappa shape index (κ1) is 25.7. The lowest BCUT2D eigenvalue weighted by molar-refractivity contribution is 0.284. The fourth-order valence-corrected chi connectivity index (χ4v) is 4.23. The molecule has 0 N–H and O–H groups in total. The number of benzene rings is 4. The van der Waals surface area contributed by atoms with Gasteiger partial charge in [0, 0.05) is 11.6 Å². The Morgan fingerprint density at radius 2 is 1.21 bits per heavy atom. The molecule has 4 aromatic carbocycles. The molecule has 198 valence electrons. The quantitative estimate of drug-likeness (QED) is 0.203. The van der Waals surface area contributed by atoms with E-state index in [1.165, 1.54) is 14.2 Å². The highest BCUT2D eigenvalue weighted by Gasteiger charge is 2.21. The van der Waals surface area contributed by atoms with Crippen LogP contribution in [0, 0.1) is 0 Å². The van der Waals surface area contributed by atoms with Crippen molar-refractivity contribution in [2.45, 2.75) is 13.2 Å². The third-order valence-corrected chi connectivity index (χ3v) is 6.24. The molecule has 0 unspecified atom stereocenters. The summed E-state index contributed by atoms with van der Waals surface area (Å²) >= 11 is 0. The van der Waals surface area contributed by atoms with E-state index in [0.717, 1.165) is 11.1 Å². The van der Waals surface area contributed by atoms with Crippen LogP contribution in [0.3, 0.4) is 0 Å². The van der Waals surface area contributed by atoms with Crippen molar-refractivity contribution in [2.24, 2.45) is 0 Å². The number of rotatable bonds is 10. The van der Waals surface area contributed by atoms with E-state index in [2.05, 4.69) is 0 Å². The van der Waals surface area contributed by atoms with Gasteiger partial charge in [-0.25, -0.2) is 0 Å². The van der Waals surface area contributed by atoms with Gasteiger partial charge in [-0.05, 0) is 35.4 Å². The highest BCUT2D eigenvalue weighted by Crippen LogP contribution is 2.39. The van der Waals surface area contributed by atoms with Crippen LogP contribution in [0.25, 0.3) is 22.3 Å². The van der Waals surface area contributed by atoms with Gasteiger partial charge in [0.05, 0.1) is 26.7 Å². The molecule has 0 aliphatic heterocycles. The maximum atomic E-state index is 13.5. The van der Waals surface area contributed by atoms with Crippen LogP contribution in [0.15, 0.2) is 100 Å². The molecule has 0 saturated heterocycles. The largest absolute Gasteiger partial charge is 0.493 e. The fraction of sp³-hybridized carbons (Fsp3) is 0.156. The molecule has 0 fully saturated rings. The Morgan fingerprint density at radius 1 is 0.615 bits per heavy atom. The van der Waals surface area contributed by atoms with Crippen LogP contribution in [-0.2, 0) is 13.2 Å². The molecule has 0 bridgehead atoms. The van der Waals surface area contributed by atoms with E-state index >= 15 is 0 Å². The van der Waals surface area contributed by atoms with Gasteiger partial charge in [-0.1, -0.05) is 60.7 Å². The van der Waals surface area contributed by atoms with Crippen LogP contribution in [0.4, 0.5) is 0 Å². The molecule has 0 amide bonds. The zero-order valence-electron chi connectivity index (χ0n) is 21.9. The normalized spacial score (nSPS) is 10.7. The van der Waals surface area contributed by atoms with E-state index in [1.807, 2.05) is 60.7 Å². The number of fused-ring (bicyclic) bond motifs is 1. The summed E-state index contributed by atoms with van der Waals surface area (Å²) in [6.07, 6.45) is 0. The predicted octanol–water partition coefficient (Wildman–Crippen LogP) is 6.64. The number of ether oxygens (including phenoxy) is 5. The average Bonchev–Trinajstić information content (AvgIpc) is 2.99. The maximum absolute atomic E-state index is 13.5. The minimum Gasteiger partial charge on any atom is -0.493 e. The summed E-state index contributed by atoms with van der Waals surface area (Å²) in [5.74, 6) is 2.27. The summed E-state index contributed by atoms with van der Waals surface area (Å²) in [7, 11) is 4.54. The molecule has 5 aromatic rings. The van der Waals surface area contributed by atoms with Gasteiger partial charge in [-0.3, -0.25) is 4.79 Å². The number of hydrogen-bond donors (Lipinski definition) is 0. The Hall–Kier alpha value is -4.91. The van der Waals surface area contributed by atoms with Crippen molar-refractivity contribution in [1.29, 1.82) is 0 Å². The second-order valence-corrected chi connectivity index (χ2v) is 8.71. The minimum atomic E-state index is -0.329. The van der Waals surface area contributed by atoms with E-state index in [4.69, 9.17) is 28.1 Å². The smallest absolute Gasteiger partial charge is 0.235 e. The Balaban J connectivity index is 1.55. The van der Waals surface area contributed by atoms with E-state index in [-0.39, 0.29) is 16.9 Å². The SMILES string of the molecule is COc1ccc(-c2oc3cc(OCc4ccccc4)c(OC)cc3c(=O)c2OC)cc1OCc1ccccc1. The van der Waals surface area contributed by atoms with E-state index < -0.39 is 0 Å². The molecule has 1 aromatic heterocycles. The monoisotopic (exact) mass is 524 g/mol. The first-order valence-electron chi connectivity index (χ1n) is 12.4. The summed E-state index contributed by atoms with van der Waals surface area (Å²) in [6.45, 7) is 0.678. The van der Waals surface area contributed by atoms with E-state index in [1.54, 1.807) is 37.4 Å². The van der Waals surface area contributed by atoms with Crippen LogP contribution < -0.4 is 29.1 Å². The number of methoxy groups -OCH3 is 3. The lowest BCUT2D eigenvalue weighted by Crippen LogP contribution is -2.08. The van der Waals surface area contributed by atoms with Crippen LogP contribution in [0.2, 0.25) is 0 Å². The van der Waals surface area contributed by atoms with Crippen LogP contribution in [0.5, 0.6) is 28.7 Å². The molecule has 0 saturated carbocycles. The summed E-state index contributed by atoms with van der Waals surface area (Å²) in [5.41, 5.74) is 2.61. The lowest BCUT2D eigenvalue weighted by atomic mass is 10.1. The first-order valence-corrected chi connectivity index (χ1v) is 12.4. The van der Waals surface area contributed by atoms with Gasteiger partial charge in [-0.2, -0.15) is 0 Å². The van der Waals surface area contributed by atoms with Gasteiger partial charge in [0.1, 0.15) is 18.8 Å². The third kappa shape index (κ3) is 5.52. The molecule has 0 aliphatic carbocycles. The standard InChI is InChI=1S/C32H28O7/c1-34-25-15-14-23(16-28(25)37-19-21-10-6-4-7-11-21)31-32(36-3)30(33)24-17-27(35-2)29(18-26(24)39-31)38-20-22-12-8-5-9-13-22/h4-18H,19-20H2,1-3H3. The van der Waals surface area contributed by atoms with Gasteiger partial charge in [0.2, 0.25) is 11.2 Å². The van der Waals surface area contributed by atoms with Crippen LogP contribution in [0.1, 0.15) is 11.1 Å². The molecule has 39 heavy (non-hydrogen) atoms. The summed E-state index contributed by atoms with van der Waals surface area (Å²) in [6, 6.07) is 28.2. The highest BCUT2D eigenvalue weighted by atomic mass is 16.5. The molecule has 0 radical (unpaired) electrons. The molecule has 0 atom stereocenters. The highest BCUT2D eigenvalue weighted by molar-refractivity contribution is 5.85. The fourth-order valence-electron chi connectivity index (χ4n) is 4.23. The summed E-state index contributed by atoms with van der Waals surface area (Å²) < 4.78 is 34.9. The van der Waals surface area contributed by atoms with Gasteiger partial charge < -0.3 is 28.1 Å². The number of hydrogen-bond acceptors (Lipinski definition) is 7. The van der Waals surface area contributed by atoms with Gasteiger partial charge in [0.25, 0.3) is 0 Å². The topological polar surface area (TPSA) is 76.4 Å². The van der Waals surface area contributed by atoms with Crippen molar-refractivity contribution in [3.8, 4) is 40.1 Å². The predicted molar refractivity (Wildman–Crippen MR) is 149 cm³/mol. The molecule has 1 heterocycles. The Kier molecular flexibility index (Phi) is 7.68. The van der Waals surface area contributed by atoms with Crippen molar-refractivity contribution >= 4 is 11.0 Å². The van der Waals surface area contributed by atoms with Gasteiger partial charge >= 0.3 is 0 Å². The van der Waals surface area contributed by atoms with Crippen LogP contribution >= 0.6 is 0 Å². The second-order valence-electron chi connectivity index (χ2n) is 8.71. The van der Waals surface area contributed by atoms with Crippen molar-refractivity contribution in [3.63, 3.8) is 0 Å². The first-order chi connectivity index (χ1) is 19.1. The average molecular weight is 525 g/mol. The van der Waals surface area contributed by atoms with Crippen molar-refractivity contribution in [2.75, 3.05) is 21.3 Å². The minimum absolute atomic E-state index is 0.0710. The molecule has 5 rings (SSSR count). The maximum Gasteiger partial charge on any atom is 0.235 e. The summed E-state index contributed by atoms with van der Waals surface area (Å²) in [4.78, 5) is 13.5. The molecule has 0 aliphatic rings. The molecular formula is C32H28O7. The lowest BCUT2D eigenvalue weighted by Gasteiger charge is -2.15. The van der Waals surface area contributed by atoms with Crippen molar-refractivity contribution < 1.29 is 28.1 Å². The van der Waals surface area contributed by atoms with Gasteiger partial charge in [0.15, 0.2) is 28.8 Å². The molecule has 7 nitrogen and oxygen atoms in total. The Labute approximate surface area is 226 Å². The van der Waals surface area contributed by atoms with E-state index in [0.29, 0.717) is 52.7 Å². The Bertz CT molecular complexity index is 1630.